The summed E-state index contributed by atoms with van der Waals surface area (Å²) in [6, 6.07) is 11.8. The topological polar surface area (TPSA) is 85.4 Å². The van der Waals surface area contributed by atoms with Gasteiger partial charge in [0.05, 0.1) is 25.7 Å². The van der Waals surface area contributed by atoms with Gasteiger partial charge in [-0.25, -0.2) is 0 Å². The van der Waals surface area contributed by atoms with E-state index in [9.17, 15) is 14.9 Å². The van der Waals surface area contributed by atoms with Gasteiger partial charge in [0, 0.05) is 17.7 Å². The summed E-state index contributed by atoms with van der Waals surface area (Å²) in [5.74, 6) is -0.255. The van der Waals surface area contributed by atoms with E-state index in [1.165, 1.54) is 30.3 Å². The van der Waals surface area contributed by atoms with E-state index in [-0.39, 0.29) is 32.2 Å². The number of carbonyl (C=O) groups excluding carboxylic acids is 1. The number of para-hydroxylation sites is 1. The third-order valence-electron chi connectivity index (χ3n) is 3.46. The number of nitro groups is 1. The molecule has 2 aromatic carbocycles. The van der Waals surface area contributed by atoms with E-state index in [1.54, 1.807) is 18.2 Å². The van der Waals surface area contributed by atoms with Gasteiger partial charge in [0.25, 0.3) is 11.6 Å². The van der Waals surface area contributed by atoms with E-state index in [1.807, 2.05) is 0 Å². The second-order valence-corrected chi connectivity index (χ2v) is 6.36. The predicted octanol–water partition coefficient (Wildman–Crippen LogP) is 6.07. The van der Waals surface area contributed by atoms with Crippen molar-refractivity contribution < 1.29 is 14.1 Å². The van der Waals surface area contributed by atoms with E-state index in [2.05, 4.69) is 5.32 Å². The van der Waals surface area contributed by atoms with Crippen molar-refractivity contribution in [1.29, 1.82) is 0 Å². The van der Waals surface area contributed by atoms with Gasteiger partial charge in [-0.3, -0.25) is 14.9 Å². The maximum absolute atomic E-state index is 12.3. The number of halogens is 3. The Morgan fingerprint density at radius 3 is 2.31 bits per heavy atom. The summed E-state index contributed by atoms with van der Waals surface area (Å²) in [7, 11) is 0. The number of anilines is 1. The highest BCUT2D eigenvalue weighted by Gasteiger charge is 2.18. The molecule has 26 heavy (non-hydrogen) atoms. The third kappa shape index (κ3) is 3.67. The van der Waals surface area contributed by atoms with E-state index in [4.69, 9.17) is 39.2 Å². The molecule has 3 aromatic rings. The molecule has 3 rings (SSSR count). The summed E-state index contributed by atoms with van der Waals surface area (Å²) < 4.78 is 5.51. The number of benzene rings is 2. The number of furan rings is 1. The minimum absolute atomic E-state index is 0.00501. The highest BCUT2D eigenvalue weighted by atomic mass is 35.5. The van der Waals surface area contributed by atoms with E-state index in [0.29, 0.717) is 11.3 Å². The molecule has 0 fully saturated rings. The van der Waals surface area contributed by atoms with Crippen molar-refractivity contribution >= 4 is 52.1 Å². The summed E-state index contributed by atoms with van der Waals surface area (Å²) in [4.78, 5) is 22.6. The summed E-state index contributed by atoms with van der Waals surface area (Å²) in [6.45, 7) is 0. The Labute approximate surface area is 162 Å². The van der Waals surface area contributed by atoms with Crippen molar-refractivity contribution in [1.82, 2.24) is 0 Å². The zero-order chi connectivity index (χ0) is 18.8. The number of hydrogen-bond donors (Lipinski definition) is 1. The van der Waals surface area contributed by atoms with Crippen LogP contribution in [0.1, 0.15) is 10.6 Å². The molecule has 0 atom stereocenters. The minimum atomic E-state index is -0.552. The quantitative estimate of drug-likeness (QED) is 0.417. The van der Waals surface area contributed by atoms with E-state index in [0.717, 1.165) is 0 Å². The summed E-state index contributed by atoms with van der Waals surface area (Å²) in [5, 5.41) is 14.1. The number of nitrogens with one attached hydrogen (secondary N) is 1. The number of rotatable bonds is 4. The Balaban J connectivity index is 1.86. The van der Waals surface area contributed by atoms with E-state index >= 15 is 0 Å². The van der Waals surface area contributed by atoms with Crippen LogP contribution in [-0.2, 0) is 0 Å². The van der Waals surface area contributed by atoms with E-state index < -0.39 is 10.8 Å². The third-order valence-corrected chi connectivity index (χ3v) is 4.40. The molecule has 1 amide bonds. The van der Waals surface area contributed by atoms with Crippen LogP contribution in [0.4, 0.5) is 11.4 Å². The first-order valence-electron chi connectivity index (χ1n) is 7.16. The lowest BCUT2D eigenvalue weighted by molar-refractivity contribution is -0.384. The molecule has 0 unspecified atom stereocenters. The Bertz CT molecular complexity index is 997. The Morgan fingerprint density at radius 1 is 1.00 bits per heavy atom. The standard InChI is InChI=1S/C17H9Cl3N2O4/c18-11-2-1-3-12(19)16(11)21-17(23)15-7-6-14(26-15)10-5-4-9(22(24)25)8-13(10)20/h1-8H,(H,21,23). The van der Waals surface area contributed by atoms with Crippen molar-refractivity contribution in [2.24, 2.45) is 0 Å². The zero-order valence-corrected chi connectivity index (χ0v) is 15.1. The van der Waals surface area contributed by atoms with Crippen molar-refractivity contribution in [2.45, 2.75) is 0 Å². The van der Waals surface area contributed by atoms with Crippen LogP contribution in [0.5, 0.6) is 0 Å². The fourth-order valence-corrected chi connectivity index (χ4v) is 2.97. The molecule has 0 bridgehead atoms. The number of nitrogens with zero attached hydrogens (tertiary/aromatic N) is 1. The molecule has 1 N–H and O–H groups in total. The second-order valence-electron chi connectivity index (χ2n) is 5.14. The monoisotopic (exact) mass is 410 g/mol. The number of amides is 1. The smallest absolute Gasteiger partial charge is 0.291 e. The average molecular weight is 412 g/mol. The van der Waals surface area contributed by atoms with Gasteiger partial charge in [-0.05, 0) is 30.3 Å². The van der Waals surface area contributed by atoms with Crippen molar-refractivity contribution in [3.63, 3.8) is 0 Å². The first-order chi connectivity index (χ1) is 12.4. The van der Waals surface area contributed by atoms with Gasteiger partial charge in [0.1, 0.15) is 5.76 Å². The maximum atomic E-state index is 12.3. The van der Waals surface area contributed by atoms with Crippen molar-refractivity contribution in [3.8, 4) is 11.3 Å². The lowest BCUT2D eigenvalue weighted by Crippen LogP contribution is -2.11. The lowest BCUT2D eigenvalue weighted by atomic mass is 10.1. The van der Waals surface area contributed by atoms with Crippen molar-refractivity contribution in [2.75, 3.05) is 5.32 Å². The molecule has 0 saturated heterocycles. The second kappa shape index (κ2) is 7.37. The fourth-order valence-electron chi connectivity index (χ4n) is 2.21. The number of hydrogen-bond acceptors (Lipinski definition) is 4. The first-order valence-corrected chi connectivity index (χ1v) is 8.29. The fraction of sp³-hybridized carbons (Fsp3) is 0. The molecular formula is C17H9Cl3N2O4. The molecule has 0 aliphatic carbocycles. The van der Waals surface area contributed by atoms with Gasteiger partial charge in [0.2, 0.25) is 0 Å². The molecular weight excluding hydrogens is 403 g/mol. The van der Waals surface area contributed by atoms with Crippen LogP contribution in [0.25, 0.3) is 11.3 Å². The molecule has 6 nitrogen and oxygen atoms in total. The first kappa shape index (κ1) is 18.3. The molecule has 1 aromatic heterocycles. The molecule has 132 valence electrons. The highest BCUT2D eigenvalue weighted by molar-refractivity contribution is 6.40. The Morgan fingerprint density at radius 2 is 1.69 bits per heavy atom. The molecule has 0 spiro atoms. The summed E-state index contributed by atoms with van der Waals surface area (Å²) >= 11 is 18.1. The molecule has 0 aliphatic rings. The van der Waals surface area contributed by atoms with Crippen LogP contribution in [0, 0.1) is 10.1 Å². The van der Waals surface area contributed by atoms with Gasteiger partial charge >= 0.3 is 0 Å². The van der Waals surface area contributed by atoms with Crippen LogP contribution in [0.3, 0.4) is 0 Å². The lowest BCUT2D eigenvalue weighted by Gasteiger charge is -2.07. The highest BCUT2D eigenvalue weighted by Crippen LogP contribution is 2.33. The average Bonchev–Trinajstić information content (AvgIpc) is 3.08. The van der Waals surface area contributed by atoms with Crippen molar-refractivity contribution in [3.05, 3.63) is 79.5 Å². The Kier molecular flexibility index (Phi) is 5.18. The van der Waals surface area contributed by atoms with Crippen LogP contribution < -0.4 is 5.32 Å². The zero-order valence-electron chi connectivity index (χ0n) is 12.8. The summed E-state index contributed by atoms with van der Waals surface area (Å²) in [6.07, 6.45) is 0. The van der Waals surface area contributed by atoms with Crippen LogP contribution in [-0.4, -0.2) is 10.8 Å². The molecule has 0 saturated carbocycles. The van der Waals surface area contributed by atoms with Crippen LogP contribution in [0.15, 0.2) is 52.9 Å². The van der Waals surface area contributed by atoms with Gasteiger partial charge in [-0.15, -0.1) is 0 Å². The minimum Gasteiger partial charge on any atom is -0.451 e. The van der Waals surface area contributed by atoms with Gasteiger partial charge in [0.15, 0.2) is 5.76 Å². The largest absolute Gasteiger partial charge is 0.451 e. The summed E-state index contributed by atoms with van der Waals surface area (Å²) in [5.41, 5.74) is 0.552. The van der Waals surface area contributed by atoms with Gasteiger partial charge < -0.3 is 9.73 Å². The van der Waals surface area contributed by atoms with Crippen LogP contribution in [0.2, 0.25) is 15.1 Å². The molecule has 9 heteroatoms. The normalized spacial score (nSPS) is 10.6. The Hall–Kier alpha value is -2.54. The number of non-ortho nitro benzene ring substituents is 1. The SMILES string of the molecule is O=C(Nc1c(Cl)cccc1Cl)c1ccc(-c2ccc([N+](=O)[O-])cc2Cl)o1. The predicted molar refractivity (Wildman–Crippen MR) is 100 cm³/mol. The number of carbonyl (C=O) groups is 1. The molecule has 0 aliphatic heterocycles. The maximum Gasteiger partial charge on any atom is 0.291 e. The van der Waals surface area contributed by atoms with Gasteiger partial charge in [-0.1, -0.05) is 40.9 Å². The van der Waals surface area contributed by atoms with Gasteiger partial charge in [-0.2, -0.15) is 0 Å². The van der Waals surface area contributed by atoms with Crippen LogP contribution >= 0.6 is 34.8 Å². The molecule has 1 heterocycles. The number of nitro benzene ring substituents is 1. The molecule has 0 radical (unpaired) electrons.